The topological polar surface area (TPSA) is 50.1 Å². The molecule has 4 nitrogen and oxygen atoms in total. The zero-order valence-corrected chi connectivity index (χ0v) is 9.15. The van der Waals surface area contributed by atoms with E-state index in [1.807, 2.05) is 19.9 Å². The van der Waals surface area contributed by atoms with Crippen molar-refractivity contribution in [2.75, 3.05) is 0 Å². The second-order valence-corrected chi connectivity index (χ2v) is 3.14. The number of aromatic nitrogens is 2. The van der Waals surface area contributed by atoms with Crippen molar-refractivity contribution in [1.82, 2.24) is 15.1 Å². The van der Waals surface area contributed by atoms with E-state index in [2.05, 4.69) is 22.3 Å². The Morgan fingerprint density at radius 3 is 2.87 bits per heavy atom. The van der Waals surface area contributed by atoms with E-state index in [0.29, 0.717) is 0 Å². The van der Waals surface area contributed by atoms with Crippen molar-refractivity contribution in [2.45, 2.75) is 27.1 Å². The third-order valence-electron chi connectivity index (χ3n) is 1.83. The number of hydrogen-bond donors (Lipinski definition) is 2. The van der Waals surface area contributed by atoms with Crippen LogP contribution in [0.5, 0.6) is 0 Å². The Kier molecular flexibility index (Phi) is 3.95. The number of nitrogens with one attached hydrogen (secondary N) is 1. The van der Waals surface area contributed by atoms with Crippen LogP contribution in [0.25, 0.3) is 0 Å². The van der Waals surface area contributed by atoms with Gasteiger partial charge < -0.3 is 10.4 Å². The van der Waals surface area contributed by atoms with Gasteiger partial charge in [-0.2, -0.15) is 5.10 Å². The lowest BCUT2D eigenvalue weighted by Gasteiger charge is -2.12. The van der Waals surface area contributed by atoms with Crippen LogP contribution in [0.4, 0.5) is 0 Å². The normalized spacial score (nSPS) is 12.3. The Morgan fingerprint density at radius 1 is 1.60 bits per heavy atom. The average Bonchev–Trinajstić information content (AvgIpc) is 2.52. The highest BCUT2D eigenvalue weighted by molar-refractivity contribution is 5.13. The summed E-state index contributed by atoms with van der Waals surface area (Å²) in [5.41, 5.74) is 1.79. The van der Waals surface area contributed by atoms with E-state index in [1.54, 1.807) is 19.2 Å². The molecule has 0 aromatic carbocycles. The van der Waals surface area contributed by atoms with Gasteiger partial charge in [0, 0.05) is 18.0 Å². The largest absolute Gasteiger partial charge is 0.355 e. The smallest absolute Gasteiger partial charge is 0.224 e. The molecule has 0 saturated carbocycles. The number of hydrogen-bond acceptors (Lipinski definition) is 3. The molecule has 0 fully saturated rings. The molecule has 80 valence electrons. The molecule has 0 aliphatic heterocycles. The lowest BCUT2D eigenvalue weighted by atomic mass is 10.4. The van der Waals surface area contributed by atoms with Crippen molar-refractivity contribution in [1.29, 1.82) is 0 Å². The molecule has 0 spiro atoms. The first-order valence-electron chi connectivity index (χ1n) is 4.69. The highest BCUT2D eigenvalue weighted by atomic mass is 16.3. The summed E-state index contributed by atoms with van der Waals surface area (Å²) in [5.74, 6) is 5.46. The van der Waals surface area contributed by atoms with Gasteiger partial charge in [0.2, 0.25) is 6.35 Å². The Hall–Kier alpha value is -1.73. The number of rotatable bonds is 3. The van der Waals surface area contributed by atoms with E-state index in [-0.39, 0.29) is 0 Å². The Balaban J connectivity index is 2.63. The van der Waals surface area contributed by atoms with Crippen LogP contribution in [0, 0.1) is 25.7 Å². The van der Waals surface area contributed by atoms with E-state index >= 15 is 0 Å². The predicted molar refractivity (Wildman–Crippen MR) is 58.7 cm³/mol. The number of aliphatic hydroxyl groups is 1. The molecule has 0 aliphatic carbocycles. The molecule has 15 heavy (non-hydrogen) atoms. The summed E-state index contributed by atoms with van der Waals surface area (Å²) in [5, 5.41) is 16.6. The van der Waals surface area contributed by atoms with Crippen LogP contribution in [0.15, 0.2) is 18.3 Å². The van der Waals surface area contributed by atoms with Gasteiger partial charge in [0.15, 0.2) is 0 Å². The molecule has 1 aromatic heterocycles. The third kappa shape index (κ3) is 3.15. The Bertz CT molecular complexity index is 409. The van der Waals surface area contributed by atoms with Crippen molar-refractivity contribution in [3.05, 3.63) is 29.7 Å². The van der Waals surface area contributed by atoms with Crippen LogP contribution in [0.3, 0.4) is 0 Å². The summed E-state index contributed by atoms with van der Waals surface area (Å²) in [7, 11) is 0. The van der Waals surface area contributed by atoms with E-state index < -0.39 is 6.35 Å². The second-order valence-electron chi connectivity index (χ2n) is 3.14. The van der Waals surface area contributed by atoms with Crippen LogP contribution in [-0.2, 0) is 0 Å². The van der Waals surface area contributed by atoms with E-state index in [0.717, 1.165) is 11.4 Å². The van der Waals surface area contributed by atoms with Crippen LogP contribution >= 0.6 is 0 Å². The van der Waals surface area contributed by atoms with E-state index in [1.165, 1.54) is 4.68 Å². The molecule has 0 aliphatic rings. The van der Waals surface area contributed by atoms with Crippen molar-refractivity contribution >= 4 is 0 Å². The first-order chi connectivity index (χ1) is 7.15. The van der Waals surface area contributed by atoms with Crippen molar-refractivity contribution < 1.29 is 5.11 Å². The number of aliphatic hydroxyl groups excluding tert-OH is 1. The minimum Gasteiger partial charge on any atom is -0.355 e. The molecule has 0 saturated heterocycles. The number of nitrogens with zero attached hydrogens (tertiary/aromatic N) is 2. The molecule has 2 N–H and O–H groups in total. The lowest BCUT2D eigenvalue weighted by molar-refractivity contribution is 0.0674. The monoisotopic (exact) mass is 205 g/mol. The number of allylic oxidation sites excluding steroid dienone is 1. The Labute approximate surface area is 89.6 Å². The molecular weight excluding hydrogens is 190 g/mol. The molecule has 0 amide bonds. The summed E-state index contributed by atoms with van der Waals surface area (Å²) in [6, 6.07) is 1.90. The minimum atomic E-state index is -0.853. The van der Waals surface area contributed by atoms with Crippen LogP contribution in [-0.4, -0.2) is 14.9 Å². The highest BCUT2D eigenvalue weighted by Gasteiger charge is 2.07. The molecular formula is C11H15N3O. The van der Waals surface area contributed by atoms with Gasteiger partial charge in [-0.25, -0.2) is 4.68 Å². The fourth-order valence-electron chi connectivity index (χ4n) is 1.22. The van der Waals surface area contributed by atoms with Crippen LogP contribution in [0.1, 0.15) is 24.7 Å². The summed E-state index contributed by atoms with van der Waals surface area (Å²) in [6.45, 7) is 5.52. The van der Waals surface area contributed by atoms with Crippen LogP contribution < -0.4 is 5.32 Å². The summed E-state index contributed by atoms with van der Waals surface area (Å²) >= 11 is 0. The number of aryl methyl sites for hydroxylation is 2. The van der Waals surface area contributed by atoms with Gasteiger partial charge in [0.1, 0.15) is 0 Å². The standard InChI is InChI=1S/C11H15N3O/c1-4-5-6-7-12-11(15)14-10(3)8-9(2)13-14/h6-8,11-12,15H,1-3H3/b7-6+. The van der Waals surface area contributed by atoms with Gasteiger partial charge in [0.05, 0.1) is 5.69 Å². The molecule has 1 heterocycles. The van der Waals surface area contributed by atoms with E-state index in [4.69, 9.17) is 0 Å². The average molecular weight is 205 g/mol. The van der Waals surface area contributed by atoms with Crippen LogP contribution in [0.2, 0.25) is 0 Å². The van der Waals surface area contributed by atoms with Gasteiger partial charge in [0.25, 0.3) is 0 Å². The van der Waals surface area contributed by atoms with Gasteiger partial charge in [-0.1, -0.05) is 5.92 Å². The van der Waals surface area contributed by atoms with Crippen molar-refractivity contribution in [3.8, 4) is 11.8 Å². The molecule has 1 unspecified atom stereocenters. The fraction of sp³-hybridized carbons (Fsp3) is 0.364. The molecule has 1 rings (SSSR count). The lowest BCUT2D eigenvalue weighted by Crippen LogP contribution is -2.23. The summed E-state index contributed by atoms with van der Waals surface area (Å²) < 4.78 is 1.51. The predicted octanol–water partition coefficient (Wildman–Crippen LogP) is 1.07. The van der Waals surface area contributed by atoms with Crippen molar-refractivity contribution in [2.24, 2.45) is 0 Å². The molecule has 1 atom stereocenters. The first kappa shape index (κ1) is 11.3. The Morgan fingerprint density at radius 2 is 2.33 bits per heavy atom. The van der Waals surface area contributed by atoms with Crippen molar-refractivity contribution in [3.63, 3.8) is 0 Å². The maximum atomic E-state index is 9.70. The molecule has 0 bridgehead atoms. The molecule has 0 radical (unpaired) electrons. The van der Waals surface area contributed by atoms with Gasteiger partial charge in [-0.3, -0.25) is 0 Å². The maximum Gasteiger partial charge on any atom is 0.224 e. The van der Waals surface area contributed by atoms with Gasteiger partial charge >= 0.3 is 0 Å². The summed E-state index contributed by atoms with van der Waals surface area (Å²) in [6.07, 6.45) is 2.38. The van der Waals surface area contributed by atoms with Gasteiger partial charge in [-0.05, 0) is 26.8 Å². The zero-order chi connectivity index (χ0) is 11.3. The SMILES string of the molecule is CC#C/C=C/NC(O)n1nc(C)cc1C. The van der Waals surface area contributed by atoms with E-state index in [9.17, 15) is 5.11 Å². The molecule has 4 heteroatoms. The summed E-state index contributed by atoms with van der Waals surface area (Å²) in [4.78, 5) is 0. The minimum absolute atomic E-state index is 0.853. The van der Waals surface area contributed by atoms with Gasteiger partial charge in [-0.15, -0.1) is 5.92 Å². The third-order valence-corrected chi connectivity index (χ3v) is 1.83. The molecule has 1 aromatic rings. The first-order valence-corrected chi connectivity index (χ1v) is 4.69. The highest BCUT2D eigenvalue weighted by Crippen LogP contribution is 2.05. The second kappa shape index (κ2) is 5.23. The quantitative estimate of drug-likeness (QED) is 0.573. The zero-order valence-electron chi connectivity index (χ0n) is 9.15. The maximum absolute atomic E-state index is 9.70. The fourth-order valence-corrected chi connectivity index (χ4v) is 1.22.